The van der Waals surface area contributed by atoms with E-state index in [4.69, 9.17) is 9.47 Å². The largest absolute Gasteiger partial charge is 0.508 e. The van der Waals surface area contributed by atoms with Crippen molar-refractivity contribution in [3.05, 3.63) is 83.4 Å². The van der Waals surface area contributed by atoms with Crippen LogP contribution < -0.4 is 9.47 Å². The Hall–Kier alpha value is -3.51. The molecule has 5 rings (SSSR count). The minimum Gasteiger partial charge on any atom is -0.508 e. The normalized spacial score (nSPS) is 19.9. The lowest BCUT2D eigenvalue weighted by molar-refractivity contribution is 0.228. The van der Waals surface area contributed by atoms with Crippen molar-refractivity contribution in [2.75, 3.05) is 32.9 Å². The Balaban J connectivity index is 1.37. The highest BCUT2D eigenvalue weighted by Gasteiger charge is 2.30. The molecule has 2 aliphatic heterocycles. The zero-order valence-electron chi connectivity index (χ0n) is 19.8. The highest BCUT2D eigenvalue weighted by Crippen LogP contribution is 2.47. The molecule has 2 heterocycles. The van der Waals surface area contributed by atoms with E-state index in [0.29, 0.717) is 12.4 Å². The van der Waals surface area contributed by atoms with Crippen LogP contribution in [0.25, 0.3) is 11.1 Å². The molecule has 3 aromatic carbocycles. The maximum absolute atomic E-state index is 12.8. The number of phenols is 2. The Morgan fingerprint density at radius 3 is 2.57 bits per heavy atom. The maximum Gasteiger partial charge on any atom is 0.150 e. The van der Waals surface area contributed by atoms with Gasteiger partial charge in [0.05, 0.1) is 6.67 Å². The third kappa shape index (κ3) is 4.98. The van der Waals surface area contributed by atoms with Gasteiger partial charge in [0.1, 0.15) is 35.7 Å². The number of halogens is 1. The van der Waals surface area contributed by atoms with Crippen LogP contribution in [0, 0.1) is 5.92 Å². The molecule has 2 N–H and O–H groups in total. The topological polar surface area (TPSA) is 62.2 Å². The average molecular weight is 476 g/mol. The van der Waals surface area contributed by atoms with Crippen molar-refractivity contribution in [3.8, 4) is 23.0 Å². The first kappa shape index (κ1) is 23.2. The van der Waals surface area contributed by atoms with Gasteiger partial charge in [0, 0.05) is 30.1 Å². The summed E-state index contributed by atoms with van der Waals surface area (Å²) in [5, 5.41) is 20.1. The molecule has 2 aliphatic rings. The number of hydrogen-bond acceptors (Lipinski definition) is 5. The first-order valence-corrected chi connectivity index (χ1v) is 12.0. The molecular weight excluding hydrogens is 445 g/mol. The van der Waals surface area contributed by atoms with E-state index in [-0.39, 0.29) is 30.2 Å². The van der Waals surface area contributed by atoms with Gasteiger partial charge >= 0.3 is 0 Å². The SMILES string of the molecule is CC1=C(c2cccc(O)c2)[C@H](c2ccc(OCCN3CC[C@@H](CF)C3)cc2)Oc2ccc(O)cc21. The Labute approximate surface area is 205 Å². The van der Waals surface area contributed by atoms with Gasteiger partial charge in [-0.15, -0.1) is 0 Å². The number of likely N-dealkylation sites (tertiary alicyclic amines) is 1. The average Bonchev–Trinajstić information content (AvgIpc) is 3.33. The third-order valence-electron chi connectivity index (χ3n) is 6.88. The summed E-state index contributed by atoms with van der Waals surface area (Å²) in [5.41, 5.74) is 4.56. The predicted octanol–water partition coefficient (Wildman–Crippen LogP) is 5.83. The summed E-state index contributed by atoms with van der Waals surface area (Å²) in [6, 6.07) is 20.1. The standard InChI is InChI=1S/C29H30FNO4/c1-19-26-16-24(33)7-10-27(26)35-29(28(19)22-3-2-4-23(32)15-22)21-5-8-25(9-6-21)34-14-13-31-12-11-20(17-30)18-31/h2-10,15-16,20,29,32-33H,11-14,17-18H2,1H3/t20-,29-/m0/s1. The van der Waals surface area contributed by atoms with Gasteiger partial charge in [0.25, 0.3) is 0 Å². The van der Waals surface area contributed by atoms with Gasteiger partial charge in [0.2, 0.25) is 0 Å². The maximum atomic E-state index is 12.8. The number of aromatic hydroxyl groups is 2. The molecule has 35 heavy (non-hydrogen) atoms. The van der Waals surface area contributed by atoms with Crippen LogP contribution in [-0.2, 0) is 0 Å². The van der Waals surface area contributed by atoms with Gasteiger partial charge in [-0.1, -0.05) is 24.3 Å². The van der Waals surface area contributed by atoms with E-state index in [1.54, 1.807) is 30.3 Å². The van der Waals surface area contributed by atoms with E-state index >= 15 is 0 Å². The number of fused-ring (bicyclic) bond motifs is 1. The minimum atomic E-state index is -0.384. The summed E-state index contributed by atoms with van der Waals surface area (Å²) >= 11 is 0. The molecule has 0 aliphatic carbocycles. The van der Waals surface area contributed by atoms with Crippen LogP contribution in [0.5, 0.6) is 23.0 Å². The van der Waals surface area contributed by atoms with Crippen molar-refractivity contribution in [1.29, 1.82) is 0 Å². The second kappa shape index (κ2) is 10.0. The van der Waals surface area contributed by atoms with E-state index in [2.05, 4.69) is 4.90 Å². The number of nitrogens with zero attached hydrogens (tertiary/aromatic N) is 1. The van der Waals surface area contributed by atoms with Gasteiger partial charge in [-0.25, -0.2) is 0 Å². The van der Waals surface area contributed by atoms with Gasteiger partial charge in [0.15, 0.2) is 0 Å². The quantitative estimate of drug-likeness (QED) is 0.450. The van der Waals surface area contributed by atoms with Crippen molar-refractivity contribution < 1.29 is 24.1 Å². The molecule has 182 valence electrons. The number of benzene rings is 3. The van der Waals surface area contributed by atoms with Crippen LogP contribution >= 0.6 is 0 Å². The molecule has 0 aromatic heterocycles. The fraction of sp³-hybridized carbons (Fsp3) is 0.310. The molecule has 2 atom stereocenters. The highest BCUT2D eigenvalue weighted by atomic mass is 19.1. The molecule has 1 saturated heterocycles. The highest BCUT2D eigenvalue weighted by molar-refractivity contribution is 5.95. The number of allylic oxidation sites excluding steroid dienone is 1. The van der Waals surface area contributed by atoms with E-state index in [9.17, 15) is 14.6 Å². The molecule has 1 fully saturated rings. The van der Waals surface area contributed by atoms with E-state index < -0.39 is 0 Å². The Morgan fingerprint density at radius 2 is 1.83 bits per heavy atom. The first-order chi connectivity index (χ1) is 17.0. The van der Waals surface area contributed by atoms with Crippen molar-refractivity contribution in [2.24, 2.45) is 5.92 Å². The molecule has 0 unspecified atom stereocenters. The molecule has 0 bridgehead atoms. The van der Waals surface area contributed by atoms with Crippen molar-refractivity contribution in [3.63, 3.8) is 0 Å². The van der Waals surface area contributed by atoms with Crippen molar-refractivity contribution >= 4 is 11.1 Å². The van der Waals surface area contributed by atoms with Crippen molar-refractivity contribution in [2.45, 2.75) is 19.4 Å². The fourth-order valence-corrected chi connectivity index (χ4v) is 4.99. The second-order valence-electron chi connectivity index (χ2n) is 9.29. The number of phenolic OH excluding ortho intramolecular Hbond substituents is 2. The zero-order chi connectivity index (χ0) is 24.4. The smallest absolute Gasteiger partial charge is 0.150 e. The number of alkyl halides is 1. The van der Waals surface area contributed by atoms with Crippen LogP contribution in [0.4, 0.5) is 4.39 Å². The number of hydrogen-bond donors (Lipinski definition) is 2. The third-order valence-corrected chi connectivity index (χ3v) is 6.88. The summed E-state index contributed by atoms with van der Waals surface area (Å²) in [7, 11) is 0. The second-order valence-corrected chi connectivity index (χ2v) is 9.29. The van der Waals surface area contributed by atoms with Gasteiger partial charge in [-0.05, 0) is 79.1 Å². The predicted molar refractivity (Wildman–Crippen MR) is 135 cm³/mol. The summed E-state index contributed by atoms with van der Waals surface area (Å²) in [4.78, 5) is 2.25. The van der Waals surface area contributed by atoms with Crippen molar-refractivity contribution in [1.82, 2.24) is 4.90 Å². The summed E-state index contributed by atoms with van der Waals surface area (Å²) in [5.74, 6) is 2.00. The van der Waals surface area contributed by atoms with Gasteiger partial charge in [-0.3, -0.25) is 9.29 Å². The minimum absolute atomic E-state index is 0.163. The summed E-state index contributed by atoms with van der Waals surface area (Å²) < 4.78 is 25.2. The molecule has 5 nitrogen and oxygen atoms in total. The van der Waals surface area contributed by atoms with Gasteiger partial charge in [-0.2, -0.15) is 0 Å². The molecule has 0 saturated carbocycles. The molecule has 0 amide bonds. The molecule has 0 spiro atoms. The molecule has 6 heteroatoms. The lowest BCUT2D eigenvalue weighted by atomic mass is 9.86. The molecular formula is C29H30FNO4. The summed E-state index contributed by atoms with van der Waals surface area (Å²) in [6.07, 6.45) is 0.536. The van der Waals surface area contributed by atoms with E-state index in [0.717, 1.165) is 59.6 Å². The van der Waals surface area contributed by atoms with Crippen LogP contribution in [-0.4, -0.2) is 48.0 Å². The van der Waals surface area contributed by atoms with Gasteiger partial charge < -0.3 is 19.7 Å². The van der Waals surface area contributed by atoms with Crippen LogP contribution in [0.1, 0.15) is 36.1 Å². The Bertz CT molecular complexity index is 1220. The van der Waals surface area contributed by atoms with Crippen LogP contribution in [0.2, 0.25) is 0 Å². The molecule has 0 radical (unpaired) electrons. The Morgan fingerprint density at radius 1 is 1.03 bits per heavy atom. The lowest BCUT2D eigenvalue weighted by Gasteiger charge is -2.31. The number of ether oxygens (including phenoxy) is 2. The van der Waals surface area contributed by atoms with Crippen LogP contribution in [0.3, 0.4) is 0 Å². The zero-order valence-corrected chi connectivity index (χ0v) is 19.8. The first-order valence-electron chi connectivity index (χ1n) is 12.0. The number of rotatable bonds is 7. The van der Waals surface area contributed by atoms with Crippen LogP contribution in [0.15, 0.2) is 66.7 Å². The summed E-state index contributed by atoms with van der Waals surface area (Å²) in [6.45, 7) is 4.85. The monoisotopic (exact) mass is 475 g/mol. The Kier molecular flexibility index (Phi) is 6.64. The fourth-order valence-electron chi connectivity index (χ4n) is 4.99. The van der Waals surface area contributed by atoms with E-state index in [1.807, 2.05) is 43.3 Å². The molecule has 3 aromatic rings. The van der Waals surface area contributed by atoms with E-state index in [1.165, 1.54) is 0 Å². The lowest BCUT2D eigenvalue weighted by Crippen LogP contribution is -2.26.